The Morgan fingerprint density at radius 2 is 2.17 bits per heavy atom. The van der Waals surface area contributed by atoms with Crippen molar-refractivity contribution in [2.75, 3.05) is 0 Å². The summed E-state index contributed by atoms with van der Waals surface area (Å²) in [6, 6.07) is 0. The van der Waals surface area contributed by atoms with E-state index in [4.69, 9.17) is 5.11 Å². The lowest BCUT2D eigenvalue weighted by atomic mass is 9.77. The molecule has 0 aromatic rings. The van der Waals surface area contributed by atoms with Crippen LogP contribution in [0.4, 0.5) is 0 Å². The summed E-state index contributed by atoms with van der Waals surface area (Å²) in [6.45, 7) is 5.04. The fourth-order valence-corrected chi connectivity index (χ4v) is 1.58. The quantitative estimate of drug-likeness (QED) is 0.516. The zero-order valence-corrected chi connectivity index (χ0v) is 7.32. The maximum Gasteiger partial charge on any atom is 0.0882 e. The molecule has 0 spiro atoms. The van der Waals surface area contributed by atoms with Gasteiger partial charge in [0.05, 0.1) is 17.5 Å². The minimum atomic E-state index is -0.994. The first-order valence-corrected chi connectivity index (χ1v) is 4.21. The molecule has 3 nitrogen and oxygen atoms in total. The van der Waals surface area contributed by atoms with Crippen LogP contribution in [0.2, 0.25) is 0 Å². The molecular formula is C9H16O3. The Balaban J connectivity index is 2.58. The van der Waals surface area contributed by atoms with Gasteiger partial charge in [-0.25, -0.2) is 0 Å². The van der Waals surface area contributed by atoms with E-state index >= 15 is 0 Å². The van der Waals surface area contributed by atoms with Gasteiger partial charge >= 0.3 is 0 Å². The second kappa shape index (κ2) is 3.07. The lowest BCUT2D eigenvalue weighted by Gasteiger charge is -2.37. The Labute approximate surface area is 72.3 Å². The molecule has 0 heterocycles. The predicted molar refractivity (Wildman–Crippen MR) is 45.7 cm³/mol. The maximum atomic E-state index is 9.58. The summed E-state index contributed by atoms with van der Waals surface area (Å²) in [6.07, 6.45) is 0.861. The molecule has 0 bridgehead atoms. The van der Waals surface area contributed by atoms with Crippen LogP contribution in [-0.4, -0.2) is 27.0 Å². The molecule has 12 heavy (non-hydrogen) atoms. The third kappa shape index (κ3) is 1.79. The number of rotatable bonds is 1. The molecule has 70 valence electrons. The van der Waals surface area contributed by atoms with Crippen molar-refractivity contribution in [1.82, 2.24) is 0 Å². The Bertz CT molecular complexity index is 186. The molecule has 3 heteroatoms. The average molecular weight is 172 g/mol. The van der Waals surface area contributed by atoms with Crippen LogP contribution in [0.5, 0.6) is 0 Å². The molecular weight excluding hydrogens is 156 g/mol. The van der Waals surface area contributed by atoms with Crippen LogP contribution in [-0.2, 0) is 0 Å². The molecule has 0 aromatic carbocycles. The van der Waals surface area contributed by atoms with Gasteiger partial charge in [0.2, 0.25) is 0 Å². The van der Waals surface area contributed by atoms with Crippen molar-refractivity contribution < 1.29 is 15.3 Å². The number of aliphatic hydroxyl groups excluding tert-OH is 2. The van der Waals surface area contributed by atoms with Gasteiger partial charge in [0.25, 0.3) is 0 Å². The van der Waals surface area contributed by atoms with Gasteiger partial charge in [0.1, 0.15) is 0 Å². The van der Waals surface area contributed by atoms with E-state index < -0.39 is 11.7 Å². The van der Waals surface area contributed by atoms with Crippen LogP contribution in [0.15, 0.2) is 12.3 Å². The Hall–Kier alpha value is -0.540. The molecule has 0 amide bonds. The molecule has 3 unspecified atom stereocenters. The Morgan fingerprint density at radius 3 is 2.58 bits per heavy atom. The van der Waals surface area contributed by atoms with Crippen molar-refractivity contribution in [2.24, 2.45) is 5.92 Å². The van der Waals surface area contributed by atoms with E-state index in [9.17, 15) is 10.2 Å². The lowest BCUT2D eigenvalue weighted by Crippen LogP contribution is -2.44. The molecule has 1 aliphatic carbocycles. The summed E-state index contributed by atoms with van der Waals surface area (Å²) in [5.41, 5.74) is -0.994. The monoisotopic (exact) mass is 172 g/mol. The average Bonchev–Trinajstić information content (AvgIpc) is 1.94. The SMILES string of the molecule is C=C(O)C1CCC(C)(O)C(O)C1. The number of hydrogen-bond acceptors (Lipinski definition) is 3. The van der Waals surface area contributed by atoms with Crippen molar-refractivity contribution in [3.05, 3.63) is 12.3 Å². The molecule has 1 aliphatic rings. The molecule has 1 fully saturated rings. The second-order valence-corrected chi connectivity index (χ2v) is 3.84. The van der Waals surface area contributed by atoms with Crippen LogP contribution in [0.25, 0.3) is 0 Å². The van der Waals surface area contributed by atoms with Crippen LogP contribution in [0, 0.1) is 5.92 Å². The molecule has 3 atom stereocenters. The molecule has 0 radical (unpaired) electrons. The Kier molecular flexibility index (Phi) is 2.44. The minimum absolute atomic E-state index is 0.0553. The third-order valence-electron chi connectivity index (χ3n) is 2.70. The lowest BCUT2D eigenvalue weighted by molar-refractivity contribution is -0.0981. The van der Waals surface area contributed by atoms with Crippen LogP contribution < -0.4 is 0 Å². The van der Waals surface area contributed by atoms with Gasteiger partial charge in [-0.05, 0) is 26.2 Å². The van der Waals surface area contributed by atoms with E-state index in [1.54, 1.807) is 6.92 Å². The van der Waals surface area contributed by atoms with Crippen molar-refractivity contribution in [3.63, 3.8) is 0 Å². The number of hydrogen-bond donors (Lipinski definition) is 3. The topological polar surface area (TPSA) is 60.7 Å². The molecule has 0 saturated heterocycles. The van der Waals surface area contributed by atoms with E-state index in [1.165, 1.54) is 0 Å². The van der Waals surface area contributed by atoms with Crippen molar-refractivity contribution in [2.45, 2.75) is 37.9 Å². The number of aliphatic hydroxyl groups is 3. The molecule has 1 saturated carbocycles. The summed E-state index contributed by atoms with van der Waals surface area (Å²) in [5.74, 6) is 0.0600. The highest BCUT2D eigenvalue weighted by atomic mass is 16.3. The third-order valence-corrected chi connectivity index (χ3v) is 2.70. The van der Waals surface area contributed by atoms with Gasteiger partial charge < -0.3 is 15.3 Å². The molecule has 0 aliphatic heterocycles. The first-order valence-electron chi connectivity index (χ1n) is 4.21. The minimum Gasteiger partial charge on any atom is -0.513 e. The summed E-state index contributed by atoms with van der Waals surface area (Å²) < 4.78 is 0. The number of allylic oxidation sites excluding steroid dienone is 1. The molecule has 0 aromatic heterocycles. The molecule has 1 rings (SSSR count). The van der Waals surface area contributed by atoms with E-state index in [0.29, 0.717) is 19.3 Å². The summed E-state index contributed by atoms with van der Waals surface area (Å²) in [5, 5.41) is 28.1. The zero-order chi connectivity index (χ0) is 9.35. The summed E-state index contributed by atoms with van der Waals surface area (Å²) >= 11 is 0. The van der Waals surface area contributed by atoms with E-state index in [2.05, 4.69) is 6.58 Å². The predicted octanol–water partition coefficient (Wildman–Crippen LogP) is 0.970. The fraction of sp³-hybridized carbons (Fsp3) is 0.778. The van der Waals surface area contributed by atoms with Crippen molar-refractivity contribution in [3.8, 4) is 0 Å². The van der Waals surface area contributed by atoms with E-state index in [1.807, 2.05) is 0 Å². The highest BCUT2D eigenvalue weighted by Gasteiger charge is 2.37. The van der Waals surface area contributed by atoms with Gasteiger partial charge in [-0.15, -0.1) is 0 Å². The van der Waals surface area contributed by atoms with Gasteiger partial charge in [-0.3, -0.25) is 0 Å². The van der Waals surface area contributed by atoms with Crippen molar-refractivity contribution >= 4 is 0 Å². The van der Waals surface area contributed by atoms with Crippen LogP contribution in [0.1, 0.15) is 26.2 Å². The van der Waals surface area contributed by atoms with Gasteiger partial charge in [-0.2, -0.15) is 0 Å². The zero-order valence-electron chi connectivity index (χ0n) is 7.32. The first kappa shape index (κ1) is 9.55. The smallest absolute Gasteiger partial charge is 0.0882 e. The normalized spacial score (nSPS) is 42.6. The highest BCUT2D eigenvalue weighted by Crippen LogP contribution is 2.34. The Morgan fingerprint density at radius 1 is 1.58 bits per heavy atom. The summed E-state index contributed by atoms with van der Waals surface area (Å²) in [7, 11) is 0. The van der Waals surface area contributed by atoms with E-state index in [0.717, 1.165) is 0 Å². The largest absolute Gasteiger partial charge is 0.513 e. The van der Waals surface area contributed by atoms with Gasteiger partial charge in [0.15, 0.2) is 0 Å². The first-order chi connectivity index (χ1) is 5.43. The van der Waals surface area contributed by atoms with E-state index in [-0.39, 0.29) is 11.7 Å². The summed E-state index contributed by atoms with van der Waals surface area (Å²) in [4.78, 5) is 0. The van der Waals surface area contributed by atoms with Crippen LogP contribution >= 0.6 is 0 Å². The van der Waals surface area contributed by atoms with Crippen molar-refractivity contribution in [1.29, 1.82) is 0 Å². The van der Waals surface area contributed by atoms with Gasteiger partial charge in [-0.1, -0.05) is 6.58 Å². The van der Waals surface area contributed by atoms with Crippen LogP contribution in [0.3, 0.4) is 0 Å². The molecule has 3 N–H and O–H groups in total. The van der Waals surface area contributed by atoms with Gasteiger partial charge in [0, 0.05) is 5.92 Å². The maximum absolute atomic E-state index is 9.58. The fourth-order valence-electron chi connectivity index (χ4n) is 1.58. The highest BCUT2D eigenvalue weighted by molar-refractivity contribution is 4.98. The second-order valence-electron chi connectivity index (χ2n) is 3.84. The standard InChI is InChI=1S/C9H16O3/c1-6(10)7-3-4-9(2,12)8(11)5-7/h7-8,10-12H,1,3-5H2,2H3.